The maximum Gasteiger partial charge on any atom is 0.326 e. The summed E-state index contributed by atoms with van der Waals surface area (Å²) < 4.78 is 14.6. The van der Waals surface area contributed by atoms with Gasteiger partial charge in [0.25, 0.3) is 0 Å². The van der Waals surface area contributed by atoms with Crippen molar-refractivity contribution in [3.63, 3.8) is 0 Å². The van der Waals surface area contributed by atoms with Crippen molar-refractivity contribution in [1.29, 1.82) is 0 Å². The zero-order valence-corrected chi connectivity index (χ0v) is 15.6. The second-order valence-electron chi connectivity index (χ2n) is 7.06. The summed E-state index contributed by atoms with van der Waals surface area (Å²) in [5.41, 5.74) is 2.21. The van der Waals surface area contributed by atoms with E-state index in [0.717, 1.165) is 31.9 Å². The lowest BCUT2D eigenvalue weighted by atomic mass is 10.2. The van der Waals surface area contributed by atoms with Gasteiger partial charge in [-0.05, 0) is 49.5 Å². The van der Waals surface area contributed by atoms with Gasteiger partial charge in [-0.3, -0.25) is 9.36 Å². The van der Waals surface area contributed by atoms with E-state index in [9.17, 15) is 14.0 Å². The first kappa shape index (κ1) is 18.2. The molecule has 2 heterocycles. The maximum absolute atomic E-state index is 13.3. The molecule has 1 aromatic heterocycles. The highest BCUT2D eigenvalue weighted by Gasteiger charge is 2.15. The molecule has 1 aliphatic rings. The molecular formula is C20H22FN5O2. The zero-order chi connectivity index (χ0) is 19.7. The van der Waals surface area contributed by atoms with Crippen LogP contribution in [-0.2, 0) is 11.3 Å². The lowest BCUT2D eigenvalue weighted by Crippen LogP contribution is -2.44. The van der Waals surface area contributed by atoms with Crippen LogP contribution in [0, 0.1) is 5.82 Å². The molecule has 1 saturated heterocycles. The fourth-order valence-corrected chi connectivity index (χ4v) is 3.46. The van der Waals surface area contributed by atoms with Gasteiger partial charge in [-0.2, -0.15) is 0 Å². The number of carbonyl (C=O) groups is 1. The third kappa shape index (κ3) is 3.77. The van der Waals surface area contributed by atoms with E-state index in [1.54, 1.807) is 0 Å². The van der Waals surface area contributed by atoms with Crippen molar-refractivity contribution >= 4 is 28.3 Å². The number of imidazole rings is 1. The standard InChI is InChI=1S/C20H22FN5O2/c1-24-8-10-25(11-9-24)16-5-3-15(4-6-16)22-19(27)13-26-18-7-2-14(21)12-17(18)23-20(26)28/h2-7,12H,8-11,13H2,1H3,(H,22,27)(H,23,28). The van der Waals surface area contributed by atoms with E-state index < -0.39 is 11.5 Å². The van der Waals surface area contributed by atoms with Crippen LogP contribution in [0.1, 0.15) is 0 Å². The molecule has 28 heavy (non-hydrogen) atoms. The van der Waals surface area contributed by atoms with Gasteiger partial charge in [-0.1, -0.05) is 0 Å². The van der Waals surface area contributed by atoms with Crippen molar-refractivity contribution in [2.75, 3.05) is 43.4 Å². The predicted octanol–water partition coefficient (Wildman–Crippen LogP) is 1.86. The van der Waals surface area contributed by atoms with E-state index >= 15 is 0 Å². The second-order valence-corrected chi connectivity index (χ2v) is 7.06. The minimum absolute atomic E-state index is 0.148. The molecule has 2 N–H and O–H groups in total. The Morgan fingerprint density at radius 3 is 2.54 bits per heavy atom. The number of benzene rings is 2. The van der Waals surface area contributed by atoms with Crippen LogP contribution in [0.25, 0.3) is 11.0 Å². The second kappa shape index (κ2) is 7.47. The number of amides is 1. The number of anilines is 2. The summed E-state index contributed by atoms with van der Waals surface area (Å²) in [4.78, 5) is 31.6. The molecule has 1 amide bonds. The van der Waals surface area contributed by atoms with E-state index in [-0.39, 0.29) is 12.5 Å². The van der Waals surface area contributed by atoms with Gasteiger partial charge in [0.15, 0.2) is 0 Å². The van der Waals surface area contributed by atoms with E-state index in [4.69, 9.17) is 0 Å². The molecule has 0 atom stereocenters. The Bertz CT molecular complexity index is 1050. The van der Waals surface area contributed by atoms with Crippen molar-refractivity contribution < 1.29 is 9.18 Å². The Kier molecular flexibility index (Phi) is 4.87. The first-order valence-corrected chi connectivity index (χ1v) is 9.21. The van der Waals surface area contributed by atoms with Crippen molar-refractivity contribution in [2.45, 2.75) is 6.54 Å². The number of H-pyrrole nitrogens is 1. The number of likely N-dealkylation sites (N-methyl/N-ethyl adjacent to an activating group) is 1. The fraction of sp³-hybridized carbons (Fsp3) is 0.300. The monoisotopic (exact) mass is 383 g/mol. The predicted molar refractivity (Wildman–Crippen MR) is 107 cm³/mol. The molecule has 0 radical (unpaired) electrons. The van der Waals surface area contributed by atoms with E-state index in [2.05, 4.69) is 27.1 Å². The van der Waals surface area contributed by atoms with Crippen molar-refractivity contribution in [3.8, 4) is 0 Å². The number of aromatic amines is 1. The number of nitrogens with zero attached hydrogens (tertiary/aromatic N) is 3. The Hall–Kier alpha value is -3.13. The first-order chi connectivity index (χ1) is 13.5. The SMILES string of the molecule is CN1CCN(c2ccc(NC(=O)Cn3c(=O)[nH]c4cc(F)ccc43)cc2)CC1. The molecule has 3 aromatic rings. The lowest BCUT2D eigenvalue weighted by molar-refractivity contribution is -0.116. The van der Waals surface area contributed by atoms with Crippen LogP contribution < -0.4 is 15.9 Å². The Labute approximate surface area is 161 Å². The number of carbonyl (C=O) groups excluding carboxylic acids is 1. The summed E-state index contributed by atoms with van der Waals surface area (Å²) >= 11 is 0. The van der Waals surface area contributed by atoms with Gasteiger partial charge in [0, 0.05) is 37.6 Å². The minimum atomic E-state index is -0.443. The Balaban J connectivity index is 1.43. The first-order valence-electron chi connectivity index (χ1n) is 9.21. The quantitative estimate of drug-likeness (QED) is 0.721. The third-order valence-corrected chi connectivity index (χ3v) is 5.06. The zero-order valence-electron chi connectivity index (χ0n) is 15.6. The molecule has 8 heteroatoms. The van der Waals surface area contributed by atoms with Gasteiger partial charge in [-0.15, -0.1) is 0 Å². The van der Waals surface area contributed by atoms with Crippen LogP contribution in [0.3, 0.4) is 0 Å². The maximum atomic E-state index is 13.3. The van der Waals surface area contributed by atoms with Crippen LogP contribution in [0.5, 0.6) is 0 Å². The molecule has 0 saturated carbocycles. The highest BCUT2D eigenvalue weighted by atomic mass is 19.1. The normalized spacial score (nSPS) is 15.1. The summed E-state index contributed by atoms with van der Waals surface area (Å²) in [5.74, 6) is -0.759. The van der Waals surface area contributed by atoms with Crippen LogP contribution >= 0.6 is 0 Å². The summed E-state index contributed by atoms with van der Waals surface area (Å²) in [6.45, 7) is 3.87. The van der Waals surface area contributed by atoms with Crippen LogP contribution in [-0.4, -0.2) is 53.6 Å². The number of aromatic nitrogens is 2. The molecule has 1 fully saturated rings. The molecule has 4 rings (SSSR count). The number of halogens is 1. The summed E-state index contributed by atoms with van der Waals surface area (Å²) in [6.07, 6.45) is 0. The van der Waals surface area contributed by atoms with Gasteiger partial charge >= 0.3 is 5.69 Å². The number of hydrogen-bond acceptors (Lipinski definition) is 4. The molecule has 0 unspecified atom stereocenters. The largest absolute Gasteiger partial charge is 0.369 e. The van der Waals surface area contributed by atoms with Gasteiger partial charge < -0.3 is 20.1 Å². The lowest BCUT2D eigenvalue weighted by Gasteiger charge is -2.34. The molecule has 0 aliphatic carbocycles. The van der Waals surface area contributed by atoms with Crippen LogP contribution in [0.2, 0.25) is 0 Å². The van der Waals surface area contributed by atoms with E-state index in [1.165, 1.54) is 22.8 Å². The number of fused-ring (bicyclic) bond motifs is 1. The van der Waals surface area contributed by atoms with Crippen molar-refractivity contribution in [1.82, 2.24) is 14.5 Å². The van der Waals surface area contributed by atoms with E-state index in [0.29, 0.717) is 16.7 Å². The topological polar surface area (TPSA) is 73.4 Å². The molecule has 7 nitrogen and oxygen atoms in total. The smallest absolute Gasteiger partial charge is 0.326 e. The molecule has 1 aliphatic heterocycles. The number of nitrogens with one attached hydrogen (secondary N) is 2. The third-order valence-electron chi connectivity index (χ3n) is 5.06. The highest BCUT2D eigenvalue weighted by molar-refractivity contribution is 5.91. The average molecular weight is 383 g/mol. The molecule has 0 bridgehead atoms. The summed E-state index contributed by atoms with van der Waals surface area (Å²) in [5, 5.41) is 2.81. The number of rotatable bonds is 4. The van der Waals surface area contributed by atoms with Crippen LogP contribution in [0.4, 0.5) is 15.8 Å². The van der Waals surface area contributed by atoms with Gasteiger partial charge in [0.05, 0.1) is 11.0 Å². The fourth-order valence-electron chi connectivity index (χ4n) is 3.46. The number of piperazine rings is 1. The molecular weight excluding hydrogens is 361 g/mol. The van der Waals surface area contributed by atoms with Gasteiger partial charge in [0.1, 0.15) is 12.4 Å². The molecule has 146 valence electrons. The minimum Gasteiger partial charge on any atom is -0.369 e. The van der Waals surface area contributed by atoms with E-state index in [1.807, 2.05) is 24.3 Å². The van der Waals surface area contributed by atoms with Gasteiger partial charge in [0.2, 0.25) is 5.91 Å². The summed E-state index contributed by atoms with van der Waals surface area (Å²) in [7, 11) is 2.12. The Morgan fingerprint density at radius 1 is 1.11 bits per heavy atom. The van der Waals surface area contributed by atoms with Crippen molar-refractivity contribution in [3.05, 3.63) is 58.8 Å². The molecule has 0 spiro atoms. The summed E-state index contributed by atoms with van der Waals surface area (Å²) in [6, 6.07) is 11.7. The van der Waals surface area contributed by atoms with Gasteiger partial charge in [-0.25, -0.2) is 9.18 Å². The Morgan fingerprint density at radius 2 is 1.82 bits per heavy atom. The average Bonchev–Trinajstić information content (AvgIpc) is 2.97. The van der Waals surface area contributed by atoms with Crippen molar-refractivity contribution in [2.24, 2.45) is 0 Å². The van der Waals surface area contributed by atoms with Crippen LogP contribution in [0.15, 0.2) is 47.3 Å². The highest BCUT2D eigenvalue weighted by Crippen LogP contribution is 2.19. The molecule has 2 aromatic carbocycles. The number of hydrogen-bond donors (Lipinski definition) is 2.